The largest absolute Gasteiger partial charge is 0.457 e. The molecule has 1 aromatic heterocycles. The first kappa shape index (κ1) is 16.7. The Kier molecular flexibility index (Phi) is 7.10. The lowest BCUT2D eigenvalue weighted by molar-refractivity contribution is 0.474. The van der Waals surface area contributed by atoms with Crippen LogP contribution in [0.15, 0.2) is 21.4 Å². The second kappa shape index (κ2) is 8.07. The van der Waals surface area contributed by atoms with Gasteiger partial charge in [0, 0.05) is 17.4 Å². The van der Waals surface area contributed by atoms with E-state index in [2.05, 4.69) is 28.2 Å². The van der Waals surface area contributed by atoms with Gasteiger partial charge in [-0.15, -0.1) is 0 Å². The molecule has 1 heterocycles. The van der Waals surface area contributed by atoms with E-state index in [9.17, 15) is 8.42 Å². The van der Waals surface area contributed by atoms with Crippen LogP contribution in [0.3, 0.4) is 0 Å². The molecule has 0 amide bonds. The zero-order valence-electron chi connectivity index (χ0n) is 11.5. The maximum Gasteiger partial charge on any atom is 0.173 e. The van der Waals surface area contributed by atoms with Gasteiger partial charge in [0.05, 0.1) is 12.0 Å². The first-order valence-electron chi connectivity index (χ1n) is 6.66. The van der Waals surface area contributed by atoms with Crippen LogP contribution in [0.25, 0.3) is 0 Å². The van der Waals surface area contributed by atoms with Crippen LogP contribution in [-0.4, -0.2) is 26.5 Å². The summed E-state index contributed by atoms with van der Waals surface area (Å²) >= 11 is 3.38. The molecule has 0 saturated carbocycles. The Labute approximate surface area is 124 Å². The van der Waals surface area contributed by atoms with E-state index in [1.807, 2.05) is 6.07 Å². The van der Waals surface area contributed by atoms with Crippen LogP contribution in [0.5, 0.6) is 0 Å². The Hall–Kier alpha value is -0.330. The van der Waals surface area contributed by atoms with Crippen molar-refractivity contribution in [2.24, 2.45) is 0 Å². The molecule has 0 bridgehead atoms. The summed E-state index contributed by atoms with van der Waals surface area (Å²) in [6.07, 6.45) is 4.13. The monoisotopic (exact) mass is 351 g/mol. The highest BCUT2D eigenvalue weighted by atomic mass is 79.9. The predicted molar refractivity (Wildman–Crippen MR) is 81.0 cm³/mol. The molecule has 0 aliphatic carbocycles. The molecule has 0 spiro atoms. The maximum absolute atomic E-state index is 11.5. The molecule has 0 radical (unpaired) electrons. The van der Waals surface area contributed by atoms with Crippen molar-refractivity contribution in [3.8, 4) is 0 Å². The average molecular weight is 352 g/mol. The highest BCUT2D eigenvalue weighted by Crippen LogP contribution is 2.27. The van der Waals surface area contributed by atoms with Crippen LogP contribution >= 0.6 is 15.9 Å². The number of furan rings is 1. The van der Waals surface area contributed by atoms with E-state index < -0.39 is 9.84 Å². The summed E-state index contributed by atoms with van der Waals surface area (Å²) in [5, 5.41) is 3.43. The first-order chi connectivity index (χ1) is 9.00. The van der Waals surface area contributed by atoms with E-state index in [-0.39, 0.29) is 17.5 Å². The molecule has 1 N–H and O–H groups in total. The number of rotatable bonds is 9. The molecular formula is C13H22BrNO3S. The first-order valence-corrected chi connectivity index (χ1v) is 9.28. The van der Waals surface area contributed by atoms with Crippen molar-refractivity contribution in [1.29, 1.82) is 0 Å². The fourth-order valence-corrected chi connectivity index (χ4v) is 3.30. The normalized spacial score (nSPS) is 13.6. The Bertz CT molecular complexity index is 470. The van der Waals surface area contributed by atoms with Crippen molar-refractivity contribution in [2.75, 3.05) is 18.1 Å². The van der Waals surface area contributed by atoms with Crippen LogP contribution < -0.4 is 5.32 Å². The molecule has 6 heteroatoms. The van der Waals surface area contributed by atoms with Crippen molar-refractivity contribution in [3.05, 3.63) is 22.6 Å². The van der Waals surface area contributed by atoms with Crippen LogP contribution in [0.2, 0.25) is 0 Å². The Morgan fingerprint density at radius 3 is 2.68 bits per heavy atom. The zero-order valence-corrected chi connectivity index (χ0v) is 13.9. The molecule has 0 aromatic carbocycles. The third-order valence-corrected chi connectivity index (χ3v) is 5.49. The summed E-state index contributed by atoms with van der Waals surface area (Å²) in [5.74, 6) is 0.471. The van der Waals surface area contributed by atoms with E-state index >= 15 is 0 Å². The minimum absolute atomic E-state index is 0.139. The van der Waals surface area contributed by atoms with Gasteiger partial charge in [-0.25, -0.2) is 8.42 Å². The molecule has 1 rings (SSSR count). The van der Waals surface area contributed by atoms with E-state index in [4.69, 9.17) is 4.42 Å². The smallest absolute Gasteiger partial charge is 0.173 e. The molecule has 0 aliphatic heterocycles. The van der Waals surface area contributed by atoms with E-state index in [0.29, 0.717) is 6.42 Å². The van der Waals surface area contributed by atoms with Gasteiger partial charge in [0.15, 0.2) is 4.67 Å². The second-order valence-corrected chi connectivity index (χ2v) is 7.73. The third-order valence-electron chi connectivity index (χ3n) is 3.05. The molecule has 0 fully saturated rings. The standard InChI is InChI=1S/C13H22BrNO3S/c1-3-8-15-12(11-7-9-18-13(11)14)6-5-10-19(16,17)4-2/h7,9,12,15H,3-6,8,10H2,1-2H3. The summed E-state index contributed by atoms with van der Waals surface area (Å²) < 4.78 is 29.0. The lowest BCUT2D eigenvalue weighted by Crippen LogP contribution is -2.23. The van der Waals surface area contributed by atoms with Crippen LogP contribution in [0, 0.1) is 0 Å². The Morgan fingerprint density at radius 1 is 1.42 bits per heavy atom. The van der Waals surface area contributed by atoms with Crippen molar-refractivity contribution >= 4 is 25.8 Å². The molecule has 19 heavy (non-hydrogen) atoms. The molecule has 1 aromatic rings. The lowest BCUT2D eigenvalue weighted by Gasteiger charge is -2.17. The van der Waals surface area contributed by atoms with Crippen molar-refractivity contribution in [1.82, 2.24) is 5.32 Å². The van der Waals surface area contributed by atoms with E-state index in [0.717, 1.165) is 29.6 Å². The van der Waals surface area contributed by atoms with Crippen molar-refractivity contribution < 1.29 is 12.8 Å². The van der Waals surface area contributed by atoms with Crippen LogP contribution in [0.1, 0.15) is 44.7 Å². The van der Waals surface area contributed by atoms with Gasteiger partial charge >= 0.3 is 0 Å². The number of halogens is 1. The summed E-state index contributed by atoms with van der Waals surface area (Å²) in [5.41, 5.74) is 1.06. The van der Waals surface area contributed by atoms with Gasteiger partial charge in [-0.3, -0.25) is 0 Å². The third kappa shape index (κ3) is 5.67. The SMILES string of the molecule is CCCNC(CCCS(=O)(=O)CC)c1ccoc1Br. The Morgan fingerprint density at radius 2 is 2.16 bits per heavy atom. The van der Waals surface area contributed by atoms with Gasteiger partial charge in [-0.05, 0) is 47.8 Å². The van der Waals surface area contributed by atoms with Crippen molar-refractivity contribution in [3.63, 3.8) is 0 Å². The molecule has 110 valence electrons. The van der Waals surface area contributed by atoms with Crippen molar-refractivity contribution in [2.45, 2.75) is 39.2 Å². The average Bonchev–Trinajstić information content (AvgIpc) is 2.80. The van der Waals surface area contributed by atoms with Crippen LogP contribution in [-0.2, 0) is 9.84 Å². The Balaban J connectivity index is 2.59. The number of nitrogens with one attached hydrogen (secondary N) is 1. The number of sulfone groups is 1. The maximum atomic E-state index is 11.5. The van der Waals surface area contributed by atoms with Gasteiger partial charge in [0.1, 0.15) is 9.84 Å². The molecule has 0 aliphatic rings. The lowest BCUT2D eigenvalue weighted by atomic mass is 10.1. The molecule has 4 nitrogen and oxygen atoms in total. The fourth-order valence-electron chi connectivity index (χ4n) is 1.89. The number of hydrogen-bond donors (Lipinski definition) is 1. The number of hydrogen-bond acceptors (Lipinski definition) is 4. The summed E-state index contributed by atoms with van der Waals surface area (Å²) in [4.78, 5) is 0. The second-order valence-electron chi connectivity index (χ2n) is 4.53. The van der Waals surface area contributed by atoms with Gasteiger partial charge < -0.3 is 9.73 Å². The predicted octanol–water partition coefficient (Wildman–Crippen LogP) is 3.30. The van der Waals surface area contributed by atoms with E-state index in [1.54, 1.807) is 13.2 Å². The minimum atomic E-state index is -2.88. The summed E-state index contributed by atoms with van der Waals surface area (Å²) in [6.45, 7) is 4.70. The van der Waals surface area contributed by atoms with E-state index in [1.165, 1.54) is 0 Å². The molecule has 1 unspecified atom stereocenters. The quantitative estimate of drug-likeness (QED) is 0.741. The fraction of sp³-hybridized carbons (Fsp3) is 0.692. The topological polar surface area (TPSA) is 59.3 Å². The van der Waals surface area contributed by atoms with Gasteiger partial charge in [-0.2, -0.15) is 0 Å². The van der Waals surface area contributed by atoms with Gasteiger partial charge in [0.2, 0.25) is 0 Å². The summed E-state index contributed by atoms with van der Waals surface area (Å²) in [7, 11) is -2.88. The summed E-state index contributed by atoms with van der Waals surface area (Å²) in [6, 6.07) is 2.06. The highest BCUT2D eigenvalue weighted by Gasteiger charge is 2.17. The molecule has 1 atom stereocenters. The zero-order chi connectivity index (χ0) is 14.3. The molecule has 0 saturated heterocycles. The minimum Gasteiger partial charge on any atom is -0.457 e. The molecular weight excluding hydrogens is 330 g/mol. The van der Waals surface area contributed by atoms with Crippen LogP contribution in [0.4, 0.5) is 0 Å². The van der Waals surface area contributed by atoms with Gasteiger partial charge in [-0.1, -0.05) is 13.8 Å². The van der Waals surface area contributed by atoms with Gasteiger partial charge in [0.25, 0.3) is 0 Å². The highest BCUT2D eigenvalue weighted by molar-refractivity contribution is 9.10.